The van der Waals surface area contributed by atoms with Crippen molar-refractivity contribution in [2.45, 2.75) is 58.3 Å². The van der Waals surface area contributed by atoms with Crippen molar-refractivity contribution < 1.29 is 23.5 Å². The van der Waals surface area contributed by atoms with Crippen molar-refractivity contribution in [2.75, 3.05) is 32.8 Å². The zero-order chi connectivity index (χ0) is 21.7. The van der Waals surface area contributed by atoms with Gasteiger partial charge < -0.3 is 14.4 Å². The quantitative estimate of drug-likeness (QED) is 0.728. The Morgan fingerprint density at radius 1 is 1.13 bits per heavy atom. The van der Waals surface area contributed by atoms with Crippen LogP contribution >= 0.6 is 0 Å². The third kappa shape index (κ3) is 6.77. The van der Waals surface area contributed by atoms with Crippen LogP contribution in [0.5, 0.6) is 0 Å². The van der Waals surface area contributed by atoms with Gasteiger partial charge in [0, 0.05) is 45.1 Å². The van der Waals surface area contributed by atoms with Crippen LogP contribution in [0.1, 0.15) is 45.6 Å². The molecule has 0 bridgehead atoms. The molecule has 7 heteroatoms. The van der Waals surface area contributed by atoms with Crippen molar-refractivity contribution >= 4 is 11.9 Å². The normalized spacial score (nSPS) is 21.5. The Balaban J connectivity index is 1.43. The number of carbonyl (C=O) groups is 2. The first-order chi connectivity index (χ1) is 14.2. The summed E-state index contributed by atoms with van der Waals surface area (Å²) in [4.78, 5) is 28.9. The average Bonchev–Trinajstić information content (AvgIpc) is 2.69. The van der Waals surface area contributed by atoms with Crippen LogP contribution in [0.2, 0.25) is 0 Å². The molecular weight excluding hydrogens is 387 g/mol. The summed E-state index contributed by atoms with van der Waals surface area (Å²) in [5.41, 5.74) is 0.542. The van der Waals surface area contributed by atoms with Crippen molar-refractivity contribution in [1.82, 2.24) is 9.80 Å². The highest BCUT2D eigenvalue weighted by atomic mass is 19.1. The molecule has 2 aliphatic heterocycles. The SMILES string of the molecule is CC(C)(C)OC(=O)N1CCC(C(=O)CC2CN(Cc3ccc(F)cc3)CCO2)CC1. The molecule has 1 aromatic carbocycles. The van der Waals surface area contributed by atoms with Crippen LogP contribution < -0.4 is 0 Å². The maximum atomic E-state index is 13.1. The van der Waals surface area contributed by atoms with Crippen LogP contribution in [-0.2, 0) is 20.8 Å². The number of nitrogens with zero attached hydrogens (tertiary/aromatic N) is 2. The summed E-state index contributed by atoms with van der Waals surface area (Å²) in [6.45, 7) is 9.47. The van der Waals surface area contributed by atoms with E-state index < -0.39 is 5.60 Å². The van der Waals surface area contributed by atoms with E-state index in [9.17, 15) is 14.0 Å². The van der Waals surface area contributed by atoms with Gasteiger partial charge in [0.15, 0.2) is 0 Å². The third-order valence-corrected chi connectivity index (χ3v) is 5.57. The first-order valence-corrected chi connectivity index (χ1v) is 10.8. The number of benzene rings is 1. The molecule has 1 unspecified atom stereocenters. The van der Waals surface area contributed by atoms with Gasteiger partial charge in [-0.1, -0.05) is 12.1 Å². The monoisotopic (exact) mass is 420 g/mol. The standard InChI is InChI=1S/C23H33FN2O4/c1-23(2,3)30-22(28)26-10-8-18(9-11-26)21(27)14-20-16-25(12-13-29-20)15-17-4-6-19(24)7-5-17/h4-7,18,20H,8-16H2,1-3H3. The fourth-order valence-electron chi connectivity index (χ4n) is 4.00. The van der Waals surface area contributed by atoms with Gasteiger partial charge in [-0.3, -0.25) is 9.69 Å². The highest BCUT2D eigenvalue weighted by molar-refractivity contribution is 5.82. The van der Waals surface area contributed by atoms with Gasteiger partial charge in [0.05, 0.1) is 12.7 Å². The summed E-state index contributed by atoms with van der Waals surface area (Å²) in [7, 11) is 0. The fraction of sp³-hybridized carbons (Fsp3) is 0.652. The molecular formula is C23H33FN2O4. The Hall–Kier alpha value is -1.99. The lowest BCUT2D eigenvalue weighted by atomic mass is 9.89. The lowest BCUT2D eigenvalue weighted by Crippen LogP contribution is -2.45. The summed E-state index contributed by atoms with van der Waals surface area (Å²) >= 11 is 0. The average molecular weight is 421 g/mol. The van der Waals surface area contributed by atoms with E-state index in [0.717, 1.165) is 18.7 Å². The molecule has 3 rings (SSSR count). The number of ketones is 1. The van der Waals surface area contributed by atoms with E-state index in [0.29, 0.717) is 45.5 Å². The van der Waals surface area contributed by atoms with Gasteiger partial charge in [0.1, 0.15) is 17.2 Å². The molecule has 0 spiro atoms. The van der Waals surface area contributed by atoms with Gasteiger partial charge in [-0.05, 0) is 51.3 Å². The number of hydrogen-bond acceptors (Lipinski definition) is 5. The molecule has 2 fully saturated rings. The molecule has 6 nitrogen and oxygen atoms in total. The molecule has 2 heterocycles. The van der Waals surface area contributed by atoms with Gasteiger partial charge >= 0.3 is 6.09 Å². The second kappa shape index (κ2) is 9.88. The number of rotatable bonds is 5. The predicted octanol–water partition coefficient (Wildman–Crippen LogP) is 3.63. The number of Topliss-reactive ketones (excluding diaryl/α,β-unsaturated/α-hetero) is 1. The molecule has 1 aromatic rings. The van der Waals surface area contributed by atoms with Crippen molar-refractivity contribution in [2.24, 2.45) is 5.92 Å². The summed E-state index contributed by atoms with van der Waals surface area (Å²) in [6, 6.07) is 6.54. The number of likely N-dealkylation sites (tertiary alicyclic amines) is 1. The fourth-order valence-corrected chi connectivity index (χ4v) is 4.00. The third-order valence-electron chi connectivity index (χ3n) is 5.57. The lowest BCUT2D eigenvalue weighted by molar-refractivity contribution is -0.129. The summed E-state index contributed by atoms with van der Waals surface area (Å²) in [5.74, 6) is -0.0471. The number of carbonyl (C=O) groups excluding carboxylic acids is 2. The van der Waals surface area contributed by atoms with Crippen molar-refractivity contribution in [3.8, 4) is 0 Å². The smallest absolute Gasteiger partial charge is 0.410 e. The number of morpholine rings is 1. The van der Waals surface area contributed by atoms with Gasteiger partial charge in [-0.15, -0.1) is 0 Å². The van der Waals surface area contributed by atoms with Crippen molar-refractivity contribution in [3.63, 3.8) is 0 Å². The molecule has 0 N–H and O–H groups in total. The van der Waals surface area contributed by atoms with E-state index in [1.165, 1.54) is 12.1 Å². The maximum absolute atomic E-state index is 13.1. The summed E-state index contributed by atoms with van der Waals surface area (Å²) < 4.78 is 24.3. The minimum atomic E-state index is -0.512. The highest BCUT2D eigenvalue weighted by Crippen LogP contribution is 2.23. The number of amides is 1. The zero-order valence-corrected chi connectivity index (χ0v) is 18.2. The molecule has 2 aliphatic rings. The van der Waals surface area contributed by atoms with Crippen LogP contribution in [0.4, 0.5) is 9.18 Å². The van der Waals surface area contributed by atoms with Gasteiger partial charge in [0.2, 0.25) is 0 Å². The largest absolute Gasteiger partial charge is 0.444 e. The van der Waals surface area contributed by atoms with Crippen LogP contribution in [-0.4, -0.2) is 66.2 Å². The minimum Gasteiger partial charge on any atom is -0.444 e. The lowest BCUT2D eigenvalue weighted by Gasteiger charge is -2.35. The summed E-state index contributed by atoms with van der Waals surface area (Å²) in [6.07, 6.45) is 1.32. The number of halogens is 1. The maximum Gasteiger partial charge on any atom is 0.410 e. The Labute approximate surface area is 178 Å². The first-order valence-electron chi connectivity index (χ1n) is 10.8. The van der Waals surface area contributed by atoms with E-state index in [-0.39, 0.29) is 29.7 Å². The topological polar surface area (TPSA) is 59.1 Å². The van der Waals surface area contributed by atoms with E-state index in [1.54, 1.807) is 17.0 Å². The highest BCUT2D eigenvalue weighted by Gasteiger charge is 2.32. The molecule has 1 amide bonds. The second-order valence-corrected chi connectivity index (χ2v) is 9.27. The second-order valence-electron chi connectivity index (χ2n) is 9.27. The molecule has 0 aliphatic carbocycles. The predicted molar refractivity (Wildman–Crippen MR) is 112 cm³/mol. The van der Waals surface area contributed by atoms with Crippen molar-refractivity contribution in [1.29, 1.82) is 0 Å². The molecule has 0 saturated carbocycles. The first kappa shape index (κ1) is 22.7. The van der Waals surface area contributed by atoms with Crippen molar-refractivity contribution in [3.05, 3.63) is 35.6 Å². The number of hydrogen-bond donors (Lipinski definition) is 0. The van der Waals surface area contributed by atoms with E-state index in [2.05, 4.69) is 4.90 Å². The molecule has 2 saturated heterocycles. The van der Waals surface area contributed by atoms with Crippen LogP contribution in [0.15, 0.2) is 24.3 Å². The van der Waals surface area contributed by atoms with Gasteiger partial charge in [-0.2, -0.15) is 0 Å². The van der Waals surface area contributed by atoms with Crippen LogP contribution in [0.25, 0.3) is 0 Å². The Morgan fingerprint density at radius 3 is 2.43 bits per heavy atom. The Kier molecular flexibility index (Phi) is 7.47. The Bertz CT molecular complexity index is 724. The molecule has 166 valence electrons. The molecule has 0 radical (unpaired) electrons. The minimum absolute atomic E-state index is 0.0280. The number of ether oxygens (including phenoxy) is 2. The van der Waals surface area contributed by atoms with Gasteiger partial charge in [0.25, 0.3) is 0 Å². The summed E-state index contributed by atoms with van der Waals surface area (Å²) in [5, 5.41) is 0. The van der Waals surface area contributed by atoms with Crippen LogP contribution in [0.3, 0.4) is 0 Å². The van der Waals surface area contributed by atoms with E-state index in [4.69, 9.17) is 9.47 Å². The Morgan fingerprint density at radius 2 is 1.80 bits per heavy atom. The molecule has 1 atom stereocenters. The van der Waals surface area contributed by atoms with Crippen LogP contribution in [0, 0.1) is 11.7 Å². The molecule has 30 heavy (non-hydrogen) atoms. The zero-order valence-electron chi connectivity index (χ0n) is 18.2. The van der Waals surface area contributed by atoms with Gasteiger partial charge in [-0.25, -0.2) is 9.18 Å². The van der Waals surface area contributed by atoms with E-state index >= 15 is 0 Å². The molecule has 0 aromatic heterocycles. The van der Waals surface area contributed by atoms with E-state index in [1.807, 2.05) is 20.8 Å². The number of piperidine rings is 1.